The van der Waals surface area contributed by atoms with Gasteiger partial charge >= 0.3 is 0 Å². The monoisotopic (exact) mass is 374 g/mol. The Morgan fingerprint density at radius 2 is 2.04 bits per heavy atom. The lowest BCUT2D eigenvalue weighted by Gasteiger charge is -2.16. The van der Waals surface area contributed by atoms with Gasteiger partial charge in [0.25, 0.3) is 0 Å². The van der Waals surface area contributed by atoms with E-state index in [4.69, 9.17) is 23.2 Å². The Labute approximate surface area is 155 Å². The van der Waals surface area contributed by atoms with Gasteiger partial charge in [0.1, 0.15) is 12.2 Å². The molecular formula is C18H16Cl2N4O. The number of carbonyl (C=O) groups excluding carboxylic acids is 1. The molecule has 7 heteroatoms. The smallest absolute Gasteiger partial charge is 0.240 e. The van der Waals surface area contributed by atoms with Crippen molar-refractivity contribution in [2.45, 2.75) is 19.5 Å². The Bertz CT molecular complexity index is 880. The van der Waals surface area contributed by atoms with Crippen LogP contribution < -0.4 is 5.32 Å². The summed E-state index contributed by atoms with van der Waals surface area (Å²) in [5, 5.41) is 4.02. The lowest BCUT2D eigenvalue weighted by Crippen LogP contribution is -2.30. The van der Waals surface area contributed by atoms with Crippen molar-refractivity contribution >= 4 is 29.1 Å². The van der Waals surface area contributed by atoms with Crippen molar-refractivity contribution in [2.24, 2.45) is 0 Å². The first kappa shape index (κ1) is 17.5. The van der Waals surface area contributed by atoms with Gasteiger partial charge in [-0.25, -0.2) is 4.98 Å². The van der Waals surface area contributed by atoms with Crippen molar-refractivity contribution in [3.63, 3.8) is 0 Å². The molecular weight excluding hydrogens is 359 g/mol. The largest absolute Gasteiger partial charge is 0.348 e. The van der Waals surface area contributed by atoms with E-state index in [-0.39, 0.29) is 18.5 Å². The number of benzene rings is 1. The summed E-state index contributed by atoms with van der Waals surface area (Å²) in [6.45, 7) is 2.02. The molecule has 1 amide bonds. The summed E-state index contributed by atoms with van der Waals surface area (Å²) >= 11 is 12.1. The summed E-state index contributed by atoms with van der Waals surface area (Å²) in [7, 11) is 0. The molecule has 3 rings (SSSR count). The van der Waals surface area contributed by atoms with E-state index in [1.807, 2.05) is 31.2 Å². The molecule has 2 heterocycles. The Morgan fingerprint density at radius 3 is 2.76 bits per heavy atom. The predicted molar refractivity (Wildman–Crippen MR) is 98.5 cm³/mol. The van der Waals surface area contributed by atoms with Crippen LogP contribution in [0.2, 0.25) is 10.0 Å². The minimum atomic E-state index is -0.237. The maximum atomic E-state index is 12.4. The van der Waals surface area contributed by atoms with E-state index in [0.717, 1.165) is 5.56 Å². The maximum Gasteiger partial charge on any atom is 0.240 e. The van der Waals surface area contributed by atoms with Crippen LogP contribution in [0.15, 0.2) is 55.0 Å². The molecule has 0 radical (unpaired) electrons. The fourth-order valence-electron chi connectivity index (χ4n) is 2.54. The molecule has 0 aliphatic rings. The van der Waals surface area contributed by atoms with Gasteiger partial charge in [-0.3, -0.25) is 9.78 Å². The Morgan fingerprint density at radius 1 is 1.20 bits per heavy atom. The molecule has 0 saturated heterocycles. The van der Waals surface area contributed by atoms with Crippen molar-refractivity contribution in [1.82, 2.24) is 19.9 Å². The molecule has 1 atom stereocenters. The van der Waals surface area contributed by atoms with Crippen LogP contribution in [-0.2, 0) is 11.3 Å². The lowest BCUT2D eigenvalue weighted by molar-refractivity contribution is -0.122. The second-order valence-electron chi connectivity index (χ2n) is 5.55. The van der Waals surface area contributed by atoms with Gasteiger partial charge in [0, 0.05) is 28.6 Å². The van der Waals surface area contributed by atoms with Crippen LogP contribution in [0.4, 0.5) is 0 Å². The maximum absolute atomic E-state index is 12.4. The SMILES string of the molecule is CC(NC(=O)Cn1ccnc1-c1ccccn1)c1ccc(Cl)cc1Cl. The van der Waals surface area contributed by atoms with E-state index in [0.29, 0.717) is 21.6 Å². The summed E-state index contributed by atoms with van der Waals surface area (Å²) in [4.78, 5) is 21.0. The zero-order valence-electron chi connectivity index (χ0n) is 13.5. The van der Waals surface area contributed by atoms with Crippen molar-refractivity contribution in [3.8, 4) is 11.5 Å². The van der Waals surface area contributed by atoms with Crippen LogP contribution in [0.1, 0.15) is 18.5 Å². The van der Waals surface area contributed by atoms with Crippen molar-refractivity contribution < 1.29 is 4.79 Å². The van der Waals surface area contributed by atoms with E-state index >= 15 is 0 Å². The van der Waals surface area contributed by atoms with Crippen LogP contribution in [0.3, 0.4) is 0 Å². The first-order chi connectivity index (χ1) is 12.0. The molecule has 0 aliphatic carbocycles. The number of nitrogens with zero attached hydrogens (tertiary/aromatic N) is 3. The summed E-state index contributed by atoms with van der Waals surface area (Å²) in [5.41, 5.74) is 1.53. The molecule has 3 aromatic rings. The van der Waals surface area contributed by atoms with Crippen LogP contribution in [-0.4, -0.2) is 20.4 Å². The van der Waals surface area contributed by atoms with E-state index in [1.54, 1.807) is 35.3 Å². The van der Waals surface area contributed by atoms with E-state index in [1.165, 1.54) is 0 Å². The lowest BCUT2D eigenvalue weighted by atomic mass is 10.1. The van der Waals surface area contributed by atoms with Gasteiger partial charge in [0.15, 0.2) is 5.82 Å². The van der Waals surface area contributed by atoms with Gasteiger partial charge in [0.2, 0.25) is 5.91 Å². The number of rotatable bonds is 5. The number of hydrogen-bond donors (Lipinski definition) is 1. The van der Waals surface area contributed by atoms with Gasteiger partial charge < -0.3 is 9.88 Å². The van der Waals surface area contributed by atoms with Gasteiger partial charge in [-0.2, -0.15) is 0 Å². The summed E-state index contributed by atoms with van der Waals surface area (Å²) < 4.78 is 1.76. The minimum Gasteiger partial charge on any atom is -0.348 e. The predicted octanol–water partition coefficient (Wildman–Crippen LogP) is 4.13. The molecule has 0 fully saturated rings. The molecule has 0 bridgehead atoms. The first-order valence-electron chi connectivity index (χ1n) is 7.71. The highest BCUT2D eigenvalue weighted by Crippen LogP contribution is 2.26. The molecule has 1 unspecified atom stereocenters. The Kier molecular flexibility index (Phi) is 5.36. The fraction of sp³-hybridized carbons (Fsp3) is 0.167. The third-order valence-electron chi connectivity index (χ3n) is 3.73. The summed E-state index contributed by atoms with van der Waals surface area (Å²) in [5.74, 6) is 0.502. The Hall–Kier alpha value is -2.37. The minimum absolute atomic E-state index is 0.140. The van der Waals surface area contributed by atoms with Gasteiger partial charge in [-0.1, -0.05) is 35.3 Å². The number of nitrogens with one attached hydrogen (secondary N) is 1. The number of hydrogen-bond acceptors (Lipinski definition) is 3. The number of carbonyl (C=O) groups is 1. The average molecular weight is 375 g/mol. The number of pyridine rings is 1. The van der Waals surface area contributed by atoms with Crippen LogP contribution in [0, 0.1) is 0 Å². The molecule has 0 saturated carbocycles. The number of amides is 1. The quantitative estimate of drug-likeness (QED) is 0.730. The highest BCUT2D eigenvalue weighted by atomic mass is 35.5. The zero-order chi connectivity index (χ0) is 17.8. The van der Waals surface area contributed by atoms with Gasteiger partial charge in [-0.15, -0.1) is 0 Å². The van der Waals surface area contributed by atoms with Crippen LogP contribution >= 0.6 is 23.2 Å². The third kappa shape index (κ3) is 4.18. The average Bonchev–Trinajstić information content (AvgIpc) is 3.03. The van der Waals surface area contributed by atoms with Crippen molar-refractivity contribution in [3.05, 3.63) is 70.6 Å². The van der Waals surface area contributed by atoms with Crippen molar-refractivity contribution in [2.75, 3.05) is 0 Å². The number of halogens is 2. The molecule has 0 spiro atoms. The van der Waals surface area contributed by atoms with Gasteiger partial charge in [0.05, 0.1) is 6.04 Å². The molecule has 128 valence electrons. The Balaban J connectivity index is 1.70. The molecule has 0 aliphatic heterocycles. The second kappa shape index (κ2) is 7.68. The zero-order valence-corrected chi connectivity index (χ0v) is 15.0. The van der Waals surface area contributed by atoms with Crippen LogP contribution in [0.25, 0.3) is 11.5 Å². The highest BCUT2D eigenvalue weighted by Gasteiger charge is 2.15. The molecule has 2 aromatic heterocycles. The molecule has 5 nitrogen and oxygen atoms in total. The normalized spacial score (nSPS) is 12.0. The second-order valence-corrected chi connectivity index (χ2v) is 6.39. The van der Waals surface area contributed by atoms with Gasteiger partial charge in [-0.05, 0) is 36.8 Å². The molecule has 1 N–H and O–H groups in total. The van der Waals surface area contributed by atoms with E-state index < -0.39 is 0 Å². The van der Waals surface area contributed by atoms with E-state index in [9.17, 15) is 4.79 Å². The standard InChI is InChI=1S/C18H16Cl2N4O/c1-12(14-6-5-13(19)10-15(14)20)23-17(25)11-24-9-8-22-18(24)16-4-2-3-7-21-16/h2-10,12H,11H2,1H3,(H,23,25). The molecule has 25 heavy (non-hydrogen) atoms. The fourth-order valence-corrected chi connectivity index (χ4v) is 3.11. The topological polar surface area (TPSA) is 59.8 Å². The first-order valence-corrected chi connectivity index (χ1v) is 8.47. The van der Waals surface area contributed by atoms with Crippen molar-refractivity contribution in [1.29, 1.82) is 0 Å². The van der Waals surface area contributed by atoms with Crippen LogP contribution in [0.5, 0.6) is 0 Å². The molecule has 1 aromatic carbocycles. The summed E-state index contributed by atoms with van der Waals surface area (Å²) in [6.07, 6.45) is 5.10. The third-order valence-corrected chi connectivity index (χ3v) is 4.29. The number of imidazole rings is 1. The van der Waals surface area contributed by atoms with E-state index in [2.05, 4.69) is 15.3 Å². The summed E-state index contributed by atoms with van der Waals surface area (Å²) in [6, 6.07) is 10.6. The highest BCUT2D eigenvalue weighted by molar-refractivity contribution is 6.35. The number of aromatic nitrogens is 3.